The fraction of sp³-hybridized carbons (Fsp3) is 0.588. The van der Waals surface area contributed by atoms with Gasteiger partial charge in [0.1, 0.15) is 33.4 Å². The van der Waals surface area contributed by atoms with E-state index in [0.717, 1.165) is 63.3 Å². The van der Waals surface area contributed by atoms with Crippen LogP contribution in [0.5, 0.6) is 0 Å². The van der Waals surface area contributed by atoms with Crippen LogP contribution in [0.3, 0.4) is 0 Å². The van der Waals surface area contributed by atoms with Gasteiger partial charge in [0, 0.05) is 61.0 Å². The minimum absolute atomic E-state index is 0.0620. The summed E-state index contributed by atoms with van der Waals surface area (Å²) >= 11 is 5.63. The van der Waals surface area contributed by atoms with Crippen molar-refractivity contribution in [2.45, 2.75) is 103 Å². The summed E-state index contributed by atoms with van der Waals surface area (Å²) in [6, 6.07) is 3.73. The molecular formula is C34H45ClN10O4S. The van der Waals surface area contributed by atoms with Crippen molar-refractivity contribution in [3.05, 3.63) is 41.4 Å². The highest BCUT2D eigenvalue weighted by Gasteiger charge is 2.51. The second-order valence-corrected chi connectivity index (χ2v) is 17.7. The minimum atomic E-state index is -1.23. The molecule has 3 aliphatic rings. The second kappa shape index (κ2) is 13.2. The molecule has 1 unspecified atom stereocenters. The molecule has 3 atom stereocenters. The minimum Gasteiger partial charge on any atom is -0.598 e. The van der Waals surface area contributed by atoms with Gasteiger partial charge in [-0.2, -0.15) is 10.2 Å². The van der Waals surface area contributed by atoms with Gasteiger partial charge in [0.05, 0.1) is 16.9 Å². The molecule has 3 aliphatic heterocycles. The van der Waals surface area contributed by atoms with E-state index in [1.54, 1.807) is 39.2 Å². The quantitative estimate of drug-likeness (QED) is 0.219. The number of aromatic nitrogens is 7. The van der Waals surface area contributed by atoms with E-state index >= 15 is 0 Å². The molecule has 1 amide bonds. The van der Waals surface area contributed by atoms with Gasteiger partial charge in [-0.3, -0.25) is 10.00 Å². The molecule has 50 heavy (non-hydrogen) atoms. The van der Waals surface area contributed by atoms with Crippen molar-refractivity contribution < 1.29 is 18.8 Å². The topological polar surface area (TPSA) is 160 Å². The first-order valence-electron chi connectivity index (χ1n) is 17.2. The SMILES string of the molecule is CC(C)(C)OC(=O)Nc1nccc(-c2nn(C3CCCCO3)c3nc(N4CCC5(CC4)Cn4nccc4[C@H]5N[S@+]([O-])C(C)(C)C)cnc23)c1Cl. The largest absolute Gasteiger partial charge is 0.598 e. The Bertz CT molecular complexity index is 1870. The molecule has 7 heterocycles. The summed E-state index contributed by atoms with van der Waals surface area (Å²) in [6.45, 7) is 14.2. The Balaban J connectivity index is 1.18. The lowest BCUT2D eigenvalue weighted by Gasteiger charge is -2.43. The van der Waals surface area contributed by atoms with Crippen LogP contribution in [0.2, 0.25) is 5.02 Å². The summed E-state index contributed by atoms with van der Waals surface area (Å²) in [5, 5.41) is 12.4. The van der Waals surface area contributed by atoms with Crippen molar-refractivity contribution in [1.82, 2.24) is 39.2 Å². The highest BCUT2D eigenvalue weighted by atomic mass is 35.5. The number of piperidine rings is 1. The Morgan fingerprint density at radius 1 is 1.12 bits per heavy atom. The molecule has 2 fully saturated rings. The molecule has 0 aliphatic carbocycles. The summed E-state index contributed by atoms with van der Waals surface area (Å²) in [4.78, 5) is 29.2. The smallest absolute Gasteiger partial charge is 0.413 e. The van der Waals surface area contributed by atoms with Crippen molar-refractivity contribution in [3.63, 3.8) is 0 Å². The number of amides is 1. The average molecular weight is 725 g/mol. The maximum Gasteiger partial charge on any atom is 0.413 e. The molecule has 2 saturated heterocycles. The summed E-state index contributed by atoms with van der Waals surface area (Å²) in [6.07, 6.45) is 8.74. The first-order chi connectivity index (χ1) is 23.7. The molecule has 1 spiro atoms. The van der Waals surface area contributed by atoms with Gasteiger partial charge in [0.15, 0.2) is 17.7 Å². The van der Waals surface area contributed by atoms with Crippen LogP contribution in [-0.2, 0) is 27.4 Å². The molecule has 0 bridgehead atoms. The third-order valence-corrected chi connectivity index (χ3v) is 11.5. The van der Waals surface area contributed by atoms with E-state index in [1.807, 2.05) is 37.7 Å². The maximum absolute atomic E-state index is 13.3. The highest BCUT2D eigenvalue weighted by molar-refractivity contribution is 7.90. The van der Waals surface area contributed by atoms with Crippen molar-refractivity contribution >= 4 is 51.9 Å². The number of carbonyl (C=O) groups excluding carboxylic acids is 1. The molecule has 2 N–H and O–H groups in total. The molecule has 7 rings (SSSR count). The zero-order valence-electron chi connectivity index (χ0n) is 29.4. The second-order valence-electron chi connectivity index (χ2n) is 15.4. The Kier molecular flexibility index (Phi) is 9.25. The average Bonchev–Trinajstić information content (AvgIpc) is 3.74. The van der Waals surface area contributed by atoms with Crippen molar-refractivity contribution in [2.75, 3.05) is 29.9 Å². The van der Waals surface area contributed by atoms with Crippen LogP contribution in [-0.4, -0.2) is 75.2 Å². The van der Waals surface area contributed by atoms with Crippen LogP contribution in [0.15, 0.2) is 30.7 Å². The number of hydrogen-bond acceptors (Lipinski definition) is 11. The third-order valence-electron chi connectivity index (χ3n) is 9.57. The molecule has 4 aromatic rings. The van der Waals surface area contributed by atoms with E-state index in [0.29, 0.717) is 29.0 Å². The van der Waals surface area contributed by atoms with Gasteiger partial charge < -0.3 is 18.9 Å². The predicted molar refractivity (Wildman–Crippen MR) is 192 cm³/mol. The van der Waals surface area contributed by atoms with Gasteiger partial charge >= 0.3 is 6.09 Å². The first-order valence-corrected chi connectivity index (χ1v) is 18.7. The van der Waals surface area contributed by atoms with Gasteiger partial charge in [-0.05, 0) is 85.8 Å². The lowest BCUT2D eigenvalue weighted by molar-refractivity contribution is -0.0368. The van der Waals surface area contributed by atoms with Crippen LogP contribution in [0.4, 0.5) is 16.4 Å². The molecule has 4 aromatic heterocycles. The Labute approximate surface area is 300 Å². The van der Waals surface area contributed by atoms with Crippen LogP contribution in [0, 0.1) is 5.41 Å². The van der Waals surface area contributed by atoms with E-state index < -0.39 is 23.1 Å². The van der Waals surface area contributed by atoms with E-state index in [2.05, 4.69) is 29.7 Å². The van der Waals surface area contributed by atoms with Crippen LogP contribution < -0.4 is 14.9 Å². The number of carbonyl (C=O) groups is 1. The lowest BCUT2D eigenvalue weighted by Crippen LogP contribution is -2.50. The number of nitrogens with one attached hydrogen (secondary N) is 2. The maximum atomic E-state index is 13.3. The fourth-order valence-electron chi connectivity index (χ4n) is 6.99. The van der Waals surface area contributed by atoms with Gasteiger partial charge in [-0.1, -0.05) is 11.6 Å². The summed E-state index contributed by atoms with van der Waals surface area (Å²) in [7, 11) is 0. The standard InChI is InChI=1S/C34H45ClN10O4S/c1-32(2,3)49-31(46)40-29-25(35)21(10-14-36-29)26-27-30(45(41-26)24-9-7-8-18-48-24)39-23(19-37-27)43-16-12-34(13-17-43)20-44-22(11-15-38-44)28(34)42-50(47)33(4,5)6/h10-11,14-15,19,24,28,42H,7-9,12-13,16-18,20H2,1-6H3,(H,36,40,46)/t24?,28-,50-/m1/s1. The van der Waals surface area contributed by atoms with Crippen molar-refractivity contribution in [3.8, 4) is 11.3 Å². The summed E-state index contributed by atoms with van der Waals surface area (Å²) in [5.74, 6) is 0.914. The van der Waals surface area contributed by atoms with Crippen LogP contribution in [0.25, 0.3) is 22.4 Å². The lowest BCUT2D eigenvalue weighted by atomic mass is 9.73. The number of pyridine rings is 1. The first kappa shape index (κ1) is 34.9. The van der Waals surface area contributed by atoms with Gasteiger partial charge in [-0.25, -0.2) is 24.4 Å². The van der Waals surface area contributed by atoms with Crippen molar-refractivity contribution in [1.29, 1.82) is 0 Å². The third kappa shape index (κ3) is 6.77. The number of ether oxygens (including phenoxy) is 2. The Hall–Kier alpha value is -3.50. The number of halogens is 1. The van der Waals surface area contributed by atoms with E-state index in [9.17, 15) is 9.35 Å². The van der Waals surface area contributed by atoms with Gasteiger partial charge in [-0.15, -0.1) is 4.72 Å². The predicted octanol–water partition coefficient (Wildman–Crippen LogP) is 6.18. The molecule has 0 radical (unpaired) electrons. The van der Waals surface area contributed by atoms with E-state index in [-0.39, 0.29) is 33.3 Å². The summed E-state index contributed by atoms with van der Waals surface area (Å²) < 4.78 is 31.8. The highest BCUT2D eigenvalue weighted by Crippen LogP contribution is 2.50. The monoisotopic (exact) mass is 724 g/mol. The van der Waals surface area contributed by atoms with Gasteiger partial charge in [0.2, 0.25) is 0 Å². The Morgan fingerprint density at radius 3 is 2.60 bits per heavy atom. The number of hydrogen-bond donors (Lipinski definition) is 2. The molecule has 0 saturated carbocycles. The molecule has 16 heteroatoms. The number of rotatable bonds is 6. The molecule has 0 aromatic carbocycles. The van der Waals surface area contributed by atoms with Crippen LogP contribution in [0.1, 0.15) is 91.6 Å². The van der Waals surface area contributed by atoms with Crippen molar-refractivity contribution in [2.24, 2.45) is 5.41 Å². The number of anilines is 2. The normalized spacial score (nSPS) is 21.4. The zero-order chi connectivity index (χ0) is 35.4. The summed E-state index contributed by atoms with van der Waals surface area (Å²) in [5.41, 5.74) is 2.53. The number of nitrogens with zero attached hydrogens (tertiary/aromatic N) is 8. The van der Waals surface area contributed by atoms with Gasteiger partial charge in [0.25, 0.3) is 0 Å². The zero-order valence-corrected chi connectivity index (χ0v) is 31.0. The Morgan fingerprint density at radius 2 is 1.90 bits per heavy atom. The van der Waals surface area contributed by atoms with E-state index in [1.165, 1.54) is 0 Å². The molecule has 14 nitrogen and oxygen atoms in total. The number of fused-ring (bicyclic) bond motifs is 2. The molecule has 268 valence electrons. The molecular weight excluding hydrogens is 680 g/mol. The van der Waals surface area contributed by atoms with E-state index in [4.69, 9.17) is 36.1 Å². The fourth-order valence-corrected chi connectivity index (χ4v) is 8.17. The van der Waals surface area contributed by atoms with Crippen LogP contribution >= 0.6 is 11.6 Å².